The second-order valence-electron chi connectivity index (χ2n) is 4.26. The van der Waals surface area contributed by atoms with Gasteiger partial charge in [-0.25, -0.2) is 23.0 Å². The lowest BCUT2D eigenvalue weighted by Gasteiger charge is -2.18. The number of ether oxygens (including phenoxy) is 1. The SMILES string of the molecule is COc1ccc(C(NN)c2ccc(F)c(F)c2F)cc1F. The van der Waals surface area contributed by atoms with Crippen LogP contribution in [0.15, 0.2) is 30.3 Å². The summed E-state index contributed by atoms with van der Waals surface area (Å²) in [5.41, 5.74) is 2.25. The van der Waals surface area contributed by atoms with E-state index in [0.717, 1.165) is 18.2 Å². The van der Waals surface area contributed by atoms with E-state index in [0.29, 0.717) is 0 Å². The minimum Gasteiger partial charge on any atom is -0.494 e. The molecule has 0 aromatic heterocycles. The molecule has 0 aliphatic rings. The Hall–Kier alpha value is -2.12. The van der Waals surface area contributed by atoms with Gasteiger partial charge in [0.1, 0.15) is 0 Å². The molecule has 0 aliphatic heterocycles. The standard InChI is InChI=1S/C14H12F4N2O/c1-21-11-5-2-7(6-10(11)16)14(20-19)8-3-4-9(15)13(18)12(8)17/h2-6,14,20H,19H2,1H3. The van der Waals surface area contributed by atoms with Crippen molar-refractivity contribution in [1.82, 2.24) is 5.43 Å². The molecule has 1 unspecified atom stereocenters. The molecule has 1 atom stereocenters. The number of hydrogen-bond donors (Lipinski definition) is 2. The van der Waals surface area contributed by atoms with E-state index >= 15 is 0 Å². The summed E-state index contributed by atoms with van der Waals surface area (Å²) in [5, 5.41) is 0. The minimum absolute atomic E-state index is 0.000259. The van der Waals surface area contributed by atoms with Gasteiger partial charge in [0.15, 0.2) is 29.0 Å². The van der Waals surface area contributed by atoms with E-state index in [1.807, 2.05) is 0 Å². The van der Waals surface area contributed by atoms with Crippen molar-refractivity contribution in [2.45, 2.75) is 6.04 Å². The first-order valence-electron chi connectivity index (χ1n) is 5.92. The lowest BCUT2D eigenvalue weighted by Crippen LogP contribution is -2.30. The quantitative estimate of drug-likeness (QED) is 0.395. The van der Waals surface area contributed by atoms with Gasteiger partial charge < -0.3 is 4.74 Å². The summed E-state index contributed by atoms with van der Waals surface area (Å²) >= 11 is 0. The van der Waals surface area contributed by atoms with Gasteiger partial charge >= 0.3 is 0 Å². The molecule has 3 nitrogen and oxygen atoms in total. The van der Waals surface area contributed by atoms with Crippen LogP contribution in [0.2, 0.25) is 0 Å². The third-order valence-corrected chi connectivity index (χ3v) is 3.05. The third kappa shape index (κ3) is 2.84. The van der Waals surface area contributed by atoms with Crippen molar-refractivity contribution in [3.63, 3.8) is 0 Å². The van der Waals surface area contributed by atoms with Crippen molar-refractivity contribution in [3.8, 4) is 5.75 Å². The molecule has 0 amide bonds. The summed E-state index contributed by atoms with van der Waals surface area (Å²) in [6.45, 7) is 0. The normalized spacial score (nSPS) is 12.3. The molecule has 0 spiro atoms. The van der Waals surface area contributed by atoms with Crippen LogP contribution in [0.4, 0.5) is 17.6 Å². The van der Waals surface area contributed by atoms with Crippen molar-refractivity contribution in [1.29, 1.82) is 0 Å². The van der Waals surface area contributed by atoms with E-state index in [9.17, 15) is 17.6 Å². The second kappa shape index (κ2) is 6.11. The summed E-state index contributed by atoms with van der Waals surface area (Å²) in [6, 6.07) is 4.61. The highest BCUT2D eigenvalue weighted by Gasteiger charge is 2.22. The van der Waals surface area contributed by atoms with E-state index < -0.39 is 29.3 Å². The van der Waals surface area contributed by atoms with Crippen LogP contribution in [0.3, 0.4) is 0 Å². The number of halogens is 4. The zero-order chi connectivity index (χ0) is 15.6. The Morgan fingerprint density at radius 3 is 2.29 bits per heavy atom. The van der Waals surface area contributed by atoms with Gasteiger partial charge in [-0.15, -0.1) is 0 Å². The molecule has 21 heavy (non-hydrogen) atoms. The second-order valence-corrected chi connectivity index (χ2v) is 4.26. The minimum atomic E-state index is -1.61. The van der Waals surface area contributed by atoms with Gasteiger partial charge in [0, 0.05) is 5.56 Å². The molecule has 112 valence electrons. The molecular formula is C14H12F4N2O. The summed E-state index contributed by atoms with van der Waals surface area (Å²) < 4.78 is 58.5. The van der Waals surface area contributed by atoms with Crippen LogP contribution in [-0.2, 0) is 0 Å². The van der Waals surface area contributed by atoms with E-state index in [2.05, 4.69) is 5.43 Å². The Balaban J connectivity index is 2.50. The fraction of sp³-hybridized carbons (Fsp3) is 0.143. The van der Waals surface area contributed by atoms with Crippen LogP contribution < -0.4 is 16.0 Å². The monoisotopic (exact) mass is 300 g/mol. The van der Waals surface area contributed by atoms with E-state index in [4.69, 9.17) is 10.6 Å². The largest absolute Gasteiger partial charge is 0.494 e. The van der Waals surface area contributed by atoms with E-state index in [-0.39, 0.29) is 16.9 Å². The molecule has 2 aromatic rings. The smallest absolute Gasteiger partial charge is 0.194 e. The van der Waals surface area contributed by atoms with Crippen molar-refractivity contribution in [3.05, 3.63) is 64.7 Å². The van der Waals surface area contributed by atoms with E-state index in [1.165, 1.54) is 19.2 Å². The summed E-state index contributed by atoms with van der Waals surface area (Å²) in [5.74, 6) is 0.344. The van der Waals surface area contributed by atoms with Gasteiger partial charge in [-0.2, -0.15) is 0 Å². The molecule has 3 N–H and O–H groups in total. The Morgan fingerprint density at radius 1 is 1.00 bits per heavy atom. The molecule has 0 saturated heterocycles. The van der Waals surface area contributed by atoms with Gasteiger partial charge in [-0.05, 0) is 23.8 Å². The number of nitrogens with two attached hydrogens (primary N) is 1. The van der Waals surface area contributed by atoms with Crippen LogP contribution in [0.25, 0.3) is 0 Å². The number of hydrogen-bond acceptors (Lipinski definition) is 3. The first-order valence-corrected chi connectivity index (χ1v) is 5.92. The van der Waals surface area contributed by atoms with E-state index in [1.54, 1.807) is 0 Å². The molecule has 0 fully saturated rings. The maximum absolute atomic E-state index is 13.8. The lowest BCUT2D eigenvalue weighted by atomic mass is 9.98. The molecule has 0 bridgehead atoms. The number of methoxy groups -OCH3 is 1. The molecule has 7 heteroatoms. The van der Waals surface area contributed by atoms with Crippen LogP contribution in [0.5, 0.6) is 5.75 Å². The van der Waals surface area contributed by atoms with Gasteiger partial charge in [-0.1, -0.05) is 12.1 Å². The van der Waals surface area contributed by atoms with Crippen molar-refractivity contribution < 1.29 is 22.3 Å². The highest BCUT2D eigenvalue weighted by Crippen LogP contribution is 2.28. The molecule has 0 aliphatic carbocycles. The average molecular weight is 300 g/mol. The summed E-state index contributed by atoms with van der Waals surface area (Å²) in [4.78, 5) is 0. The van der Waals surface area contributed by atoms with Crippen molar-refractivity contribution in [2.75, 3.05) is 7.11 Å². The van der Waals surface area contributed by atoms with Gasteiger partial charge in [0.05, 0.1) is 13.2 Å². The predicted molar refractivity (Wildman–Crippen MR) is 68.4 cm³/mol. The highest BCUT2D eigenvalue weighted by molar-refractivity contribution is 5.37. The number of benzene rings is 2. The first-order chi connectivity index (χ1) is 9.99. The molecule has 2 aromatic carbocycles. The maximum Gasteiger partial charge on any atom is 0.194 e. The van der Waals surface area contributed by atoms with Gasteiger partial charge in [-0.3, -0.25) is 5.84 Å². The lowest BCUT2D eigenvalue weighted by molar-refractivity contribution is 0.385. The number of rotatable bonds is 4. The Morgan fingerprint density at radius 2 is 1.71 bits per heavy atom. The highest BCUT2D eigenvalue weighted by atomic mass is 19.2. The Kier molecular flexibility index (Phi) is 4.44. The fourth-order valence-corrected chi connectivity index (χ4v) is 1.99. The first kappa shape index (κ1) is 15.3. The van der Waals surface area contributed by atoms with Crippen molar-refractivity contribution in [2.24, 2.45) is 5.84 Å². The van der Waals surface area contributed by atoms with Crippen LogP contribution >= 0.6 is 0 Å². The number of hydrazine groups is 1. The topological polar surface area (TPSA) is 47.3 Å². The zero-order valence-corrected chi connectivity index (χ0v) is 11.0. The molecule has 0 radical (unpaired) electrons. The molecule has 0 heterocycles. The summed E-state index contributed by atoms with van der Waals surface area (Å²) in [7, 11) is 1.30. The fourth-order valence-electron chi connectivity index (χ4n) is 1.99. The Labute approximate surface area is 118 Å². The predicted octanol–water partition coefficient (Wildman–Crippen LogP) is 2.80. The third-order valence-electron chi connectivity index (χ3n) is 3.05. The van der Waals surface area contributed by atoms with Crippen LogP contribution in [0.1, 0.15) is 17.2 Å². The maximum atomic E-state index is 13.8. The molecular weight excluding hydrogens is 288 g/mol. The number of nitrogens with one attached hydrogen (secondary N) is 1. The molecule has 2 rings (SSSR count). The van der Waals surface area contributed by atoms with Gasteiger partial charge in [0.2, 0.25) is 0 Å². The zero-order valence-electron chi connectivity index (χ0n) is 11.0. The summed E-state index contributed by atoms with van der Waals surface area (Å²) in [6.07, 6.45) is 0. The van der Waals surface area contributed by atoms with Crippen molar-refractivity contribution >= 4 is 0 Å². The van der Waals surface area contributed by atoms with Crippen LogP contribution in [-0.4, -0.2) is 7.11 Å². The van der Waals surface area contributed by atoms with Crippen LogP contribution in [0, 0.1) is 23.3 Å². The van der Waals surface area contributed by atoms with Gasteiger partial charge in [0.25, 0.3) is 0 Å². The Bertz CT molecular complexity index is 664. The average Bonchev–Trinajstić information content (AvgIpc) is 2.48. The molecule has 0 saturated carbocycles.